The highest BCUT2D eigenvalue weighted by molar-refractivity contribution is 5.15. The van der Waals surface area contributed by atoms with E-state index in [4.69, 9.17) is 15.0 Å². The SMILES string of the molecule is CCCC(OC)c1noc(C2C=CC(N)C2)n1. The van der Waals surface area contributed by atoms with Gasteiger partial charge in [-0.2, -0.15) is 4.98 Å². The van der Waals surface area contributed by atoms with E-state index in [0.29, 0.717) is 11.7 Å². The van der Waals surface area contributed by atoms with Crippen molar-refractivity contribution < 1.29 is 9.26 Å². The van der Waals surface area contributed by atoms with Gasteiger partial charge in [0.2, 0.25) is 11.7 Å². The Hall–Kier alpha value is -1.20. The molecule has 0 amide bonds. The van der Waals surface area contributed by atoms with Crippen LogP contribution in [0.4, 0.5) is 0 Å². The third-order valence-electron chi connectivity index (χ3n) is 3.01. The average Bonchev–Trinajstić information content (AvgIpc) is 2.94. The van der Waals surface area contributed by atoms with Gasteiger partial charge in [-0.05, 0) is 12.8 Å². The number of allylic oxidation sites excluding steroid dienone is 1. The minimum Gasteiger partial charge on any atom is -0.373 e. The molecule has 2 N–H and O–H groups in total. The zero-order valence-electron chi connectivity index (χ0n) is 10.3. The molecule has 2 rings (SSSR count). The Labute approximate surface area is 101 Å². The zero-order valence-corrected chi connectivity index (χ0v) is 10.3. The number of hydrogen-bond donors (Lipinski definition) is 1. The molecule has 1 aromatic heterocycles. The molecule has 0 spiro atoms. The number of nitrogens with zero attached hydrogens (tertiary/aromatic N) is 2. The number of hydrogen-bond acceptors (Lipinski definition) is 5. The second kappa shape index (κ2) is 5.42. The molecule has 1 aliphatic rings. The van der Waals surface area contributed by atoms with Gasteiger partial charge in [-0.25, -0.2) is 0 Å². The lowest BCUT2D eigenvalue weighted by atomic mass is 10.1. The summed E-state index contributed by atoms with van der Waals surface area (Å²) < 4.78 is 10.6. The molecule has 0 aromatic carbocycles. The monoisotopic (exact) mass is 237 g/mol. The molecule has 5 nitrogen and oxygen atoms in total. The van der Waals surface area contributed by atoms with Gasteiger partial charge in [-0.15, -0.1) is 0 Å². The van der Waals surface area contributed by atoms with Crippen LogP contribution in [0.5, 0.6) is 0 Å². The van der Waals surface area contributed by atoms with Crippen LogP contribution < -0.4 is 5.73 Å². The van der Waals surface area contributed by atoms with E-state index in [2.05, 4.69) is 17.1 Å². The smallest absolute Gasteiger partial charge is 0.233 e. The summed E-state index contributed by atoms with van der Waals surface area (Å²) in [4.78, 5) is 4.41. The van der Waals surface area contributed by atoms with E-state index in [0.717, 1.165) is 19.3 Å². The molecule has 94 valence electrons. The highest BCUT2D eigenvalue weighted by Gasteiger charge is 2.25. The molecule has 1 aromatic rings. The van der Waals surface area contributed by atoms with Gasteiger partial charge < -0.3 is 15.0 Å². The van der Waals surface area contributed by atoms with Crippen LogP contribution in [0.3, 0.4) is 0 Å². The van der Waals surface area contributed by atoms with Crippen LogP contribution in [0, 0.1) is 0 Å². The van der Waals surface area contributed by atoms with Gasteiger partial charge in [0.05, 0.1) is 5.92 Å². The van der Waals surface area contributed by atoms with Gasteiger partial charge in [0.25, 0.3) is 0 Å². The summed E-state index contributed by atoms with van der Waals surface area (Å²) in [6, 6.07) is 0.101. The predicted octanol–water partition coefficient (Wildman–Crippen LogP) is 1.93. The summed E-state index contributed by atoms with van der Waals surface area (Å²) in [5.41, 5.74) is 5.80. The Morgan fingerprint density at radius 1 is 1.59 bits per heavy atom. The molecule has 0 saturated carbocycles. The first-order valence-corrected chi connectivity index (χ1v) is 6.04. The lowest BCUT2D eigenvalue weighted by Gasteiger charge is -2.08. The Morgan fingerprint density at radius 2 is 2.41 bits per heavy atom. The largest absolute Gasteiger partial charge is 0.373 e. The van der Waals surface area contributed by atoms with Crippen LogP contribution in [0.1, 0.15) is 49.9 Å². The minimum atomic E-state index is -0.0726. The zero-order chi connectivity index (χ0) is 12.3. The summed E-state index contributed by atoms with van der Waals surface area (Å²) in [7, 11) is 1.67. The summed E-state index contributed by atoms with van der Waals surface area (Å²) in [5.74, 6) is 1.44. The van der Waals surface area contributed by atoms with Crippen LogP contribution in [0.15, 0.2) is 16.7 Å². The van der Waals surface area contributed by atoms with E-state index in [1.54, 1.807) is 7.11 Å². The van der Waals surface area contributed by atoms with E-state index >= 15 is 0 Å². The van der Waals surface area contributed by atoms with E-state index < -0.39 is 0 Å². The van der Waals surface area contributed by atoms with Crippen LogP contribution in [0.2, 0.25) is 0 Å². The molecule has 0 aliphatic heterocycles. The molecule has 0 radical (unpaired) electrons. The lowest BCUT2D eigenvalue weighted by Crippen LogP contribution is -2.14. The molecule has 1 aliphatic carbocycles. The summed E-state index contributed by atoms with van der Waals surface area (Å²) in [6.45, 7) is 2.10. The van der Waals surface area contributed by atoms with E-state index in [-0.39, 0.29) is 18.1 Å². The van der Waals surface area contributed by atoms with Crippen molar-refractivity contribution in [3.05, 3.63) is 23.9 Å². The van der Waals surface area contributed by atoms with Crippen molar-refractivity contribution in [2.75, 3.05) is 7.11 Å². The van der Waals surface area contributed by atoms with Crippen molar-refractivity contribution in [2.24, 2.45) is 5.73 Å². The maximum absolute atomic E-state index is 5.80. The Balaban J connectivity index is 2.07. The molecule has 0 saturated heterocycles. The van der Waals surface area contributed by atoms with Gasteiger partial charge in [-0.1, -0.05) is 30.7 Å². The highest BCUT2D eigenvalue weighted by Crippen LogP contribution is 2.28. The van der Waals surface area contributed by atoms with Crippen molar-refractivity contribution in [3.63, 3.8) is 0 Å². The van der Waals surface area contributed by atoms with Crippen LogP contribution in [0.25, 0.3) is 0 Å². The number of aromatic nitrogens is 2. The molecular weight excluding hydrogens is 218 g/mol. The quantitative estimate of drug-likeness (QED) is 0.792. The Bertz CT molecular complexity index is 389. The number of methoxy groups -OCH3 is 1. The molecule has 1 heterocycles. The van der Waals surface area contributed by atoms with Crippen molar-refractivity contribution >= 4 is 0 Å². The van der Waals surface area contributed by atoms with E-state index in [9.17, 15) is 0 Å². The van der Waals surface area contributed by atoms with E-state index in [1.165, 1.54) is 0 Å². The fraction of sp³-hybridized carbons (Fsp3) is 0.667. The Morgan fingerprint density at radius 3 is 3.00 bits per heavy atom. The highest BCUT2D eigenvalue weighted by atomic mass is 16.5. The van der Waals surface area contributed by atoms with Gasteiger partial charge in [0.15, 0.2) is 0 Å². The summed E-state index contributed by atoms with van der Waals surface area (Å²) in [6.07, 6.45) is 6.70. The maximum atomic E-state index is 5.80. The van der Waals surface area contributed by atoms with Crippen LogP contribution in [-0.2, 0) is 4.74 Å². The fourth-order valence-electron chi connectivity index (χ4n) is 2.05. The van der Waals surface area contributed by atoms with Crippen molar-refractivity contribution in [3.8, 4) is 0 Å². The topological polar surface area (TPSA) is 74.2 Å². The first kappa shape index (κ1) is 12.3. The summed E-state index contributed by atoms with van der Waals surface area (Å²) in [5, 5.41) is 3.99. The number of rotatable bonds is 5. The molecule has 17 heavy (non-hydrogen) atoms. The average molecular weight is 237 g/mol. The molecule has 0 fully saturated rings. The third-order valence-corrected chi connectivity index (χ3v) is 3.01. The van der Waals surface area contributed by atoms with E-state index in [1.807, 2.05) is 12.2 Å². The number of nitrogens with two attached hydrogens (primary N) is 1. The van der Waals surface area contributed by atoms with Gasteiger partial charge in [0, 0.05) is 13.2 Å². The first-order valence-electron chi connectivity index (χ1n) is 6.04. The van der Waals surface area contributed by atoms with Crippen LogP contribution in [-0.4, -0.2) is 23.3 Å². The molecule has 0 bridgehead atoms. The molecular formula is C12H19N3O2. The minimum absolute atomic E-state index is 0.0726. The third kappa shape index (κ3) is 2.73. The van der Waals surface area contributed by atoms with Crippen molar-refractivity contribution in [2.45, 2.75) is 44.2 Å². The van der Waals surface area contributed by atoms with Gasteiger partial charge in [-0.3, -0.25) is 0 Å². The number of ether oxygens (including phenoxy) is 1. The first-order chi connectivity index (χ1) is 8.24. The normalized spacial score (nSPS) is 25.4. The van der Waals surface area contributed by atoms with Gasteiger partial charge >= 0.3 is 0 Å². The second-order valence-electron chi connectivity index (χ2n) is 4.39. The molecule has 3 unspecified atom stereocenters. The maximum Gasteiger partial charge on any atom is 0.233 e. The fourth-order valence-corrected chi connectivity index (χ4v) is 2.05. The molecule has 5 heteroatoms. The standard InChI is InChI=1S/C12H19N3O2/c1-3-4-10(16-2)11-14-12(17-15-11)8-5-6-9(13)7-8/h5-6,8-10H,3-4,7,13H2,1-2H3. The van der Waals surface area contributed by atoms with Gasteiger partial charge in [0.1, 0.15) is 6.10 Å². The predicted molar refractivity (Wildman–Crippen MR) is 63.4 cm³/mol. The van der Waals surface area contributed by atoms with Crippen molar-refractivity contribution in [1.82, 2.24) is 10.1 Å². The van der Waals surface area contributed by atoms with Crippen molar-refractivity contribution in [1.29, 1.82) is 0 Å². The second-order valence-corrected chi connectivity index (χ2v) is 4.39. The summed E-state index contributed by atoms with van der Waals surface area (Å²) >= 11 is 0. The van der Waals surface area contributed by atoms with Crippen LogP contribution >= 0.6 is 0 Å². The Kier molecular flexibility index (Phi) is 3.91. The lowest BCUT2D eigenvalue weighted by molar-refractivity contribution is 0.0854. The molecule has 3 atom stereocenters.